The van der Waals surface area contributed by atoms with E-state index in [2.05, 4.69) is 5.43 Å². The Labute approximate surface area is 327 Å². The molecule has 3 aliphatic heterocycles. The number of hydrazine groups is 1. The highest BCUT2D eigenvalue weighted by Gasteiger charge is 2.61. The molecule has 0 saturated carbocycles. The van der Waals surface area contributed by atoms with E-state index in [9.17, 15) is 29.1 Å². The number of hydrogen-bond acceptors (Lipinski definition) is 13. The zero-order valence-electron chi connectivity index (χ0n) is 33.7. The van der Waals surface area contributed by atoms with Crippen molar-refractivity contribution in [1.82, 2.24) is 15.3 Å². The summed E-state index contributed by atoms with van der Waals surface area (Å²) in [6, 6.07) is 7.78. The Morgan fingerprint density at radius 1 is 1.05 bits per heavy atom. The number of methoxy groups -OCH3 is 1. The first-order valence-corrected chi connectivity index (χ1v) is 19.9. The molecular formula is C40H57N3O11S. The molecule has 1 aromatic heterocycles. The van der Waals surface area contributed by atoms with E-state index >= 15 is 0 Å². The number of hydrogen-bond donors (Lipinski definition) is 2. The molecule has 0 bridgehead atoms. The van der Waals surface area contributed by atoms with Gasteiger partial charge >= 0.3 is 12.1 Å². The van der Waals surface area contributed by atoms with Gasteiger partial charge in [0.25, 0.3) is 5.91 Å². The first kappa shape index (κ1) is 42.7. The average Bonchev–Trinajstić information content (AvgIpc) is 3.69. The van der Waals surface area contributed by atoms with Gasteiger partial charge in [-0.25, -0.2) is 9.80 Å². The average molecular weight is 788 g/mol. The SMILES string of the molecule is CC[C@@H]1OC(=O)[C@H](C)C(=O)[C@H](C)[C@@H](O[C@@H]2O[C@H](C)C[C@H](N(C)C)[C@H]2O)[C@](C)(OC)C[C@@H](C)C(=O)[C@@H](C)[C@H]2N(NC(=O)c3cc4ccccc4s3)C(=O)O[C@]12C. The molecule has 4 heterocycles. The molecule has 55 heavy (non-hydrogen) atoms. The largest absolute Gasteiger partial charge is 0.457 e. The lowest BCUT2D eigenvalue weighted by Gasteiger charge is -2.47. The van der Waals surface area contributed by atoms with Gasteiger partial charge in [0.15, 0.2) is 17.7 Å². The predicted octanol–water partition coefficient (Wildman–Crippen LogP) is 4.75. The van der Waals surface area contributed by atoms with Crippen LogP contribution in [0.3, 0.4) is 0 Å². The van der Waals surface area contributed by atoms with Crippen molar-refractivity contribution < 1.29 is 52.8 Å². The van der Waals surface area contributed by atoms with Gasteiger partial charge in [0.1, 0.15) is 30.0 Å². The van der Waals surface area contributed by atoms with Crippen molar-refractivity contribution in [3.05, 3.63) is 35.2 Å². The highest BCUT2D eigenvalue weighted by molar-refractivity contribution is 7.20. The van der Waals surface area contributed by atoms with Crippen LogP contribution in [0.25, 0.3) is 10.1 Å². The first-order chi connectivity index (χ1) is 25.8. The van der Waals surface area contributed by atoms with Gasteiger partial charge in [-0.15, -0.1) is 11.3 Å². The van der Waals surface area contributed by atoms with E-state index < -0.39 is 89.3 Å². The number of nitrogens with one attached hydrogen (secondary N) is 1. The van der Waals surface area contributed by atoms with Crippen LogP contribution in [0, 0.1) is 23.7 Å². The number of aliphatic hydroxyl groups is 1. The summed E-state index contributed by atoms with van der Waals surface area (Å²) in [5, 5.41) is 13.3. The Morgan fingerprint density at radius 2 is 1.73 bits per heavy atom. The van der Waals surface area contributed by atoms with Gasteiger partial charge in [-0.1, -0.05) is 45.9 Å². The number of carbonyl (C=O) groups excluding carboxylic acids is 5. The number of Topliss-reactive ketones (excluding diaryl/α,β-unsaturated/α-hetero) is 2. The van der Waals surface area contributed by atoms with E-state index in [1.807, 2.05) is 50.2 Å². The Balaban J connectivity index is 1.55. The first-order valence-electron chi connectivity index (χ1n) is 19.1. The normalized spacial score (nSPS) is 38.1. The maximum atomic E-state index is 14.7. The van der Waals surface area contributed by atoms with Crippen LogP contribution in [0.15, 0.2) is 30.3 Å². The molecule has 0 radical (unpaired) electrons. The molecule has 14 nitrogen and oxygen atoms in total. The molecule has 3 saturated heterocycles. The van der Waals surface area contributed by atoms with Crippen molar-refractivity contribution >= 4 is 51.0 Å². The molecule has 3 aliphatic rings. The number of cyclic esters (lactones) is 1. The second-order valence-electron chi connectivity index (χ2n) is 16.1. The van der Waals surface area contributed by atoms with Crippen LogP contribution in [-0.4, -0.2) is 120 Å². The fourth-order valence-corrected chi connectivity index (χ4v) is 9.70. The summed E-state index contributed by atoms with van der Waals surface area (Å²) in [5.41, 5.74) is -0.246. The van der Waals surface area contributed by atoms with E-state index in [4.69, 9.17) is 23.7 Å². The molecule has 304 valence electrons. The topological polar surface area (TPSA) is 170 Å². The highest BCUT2D eigenvalue weighted by atomic mass is 32.1. The van der Waals surface area contributed by atoms with Crippen molar-refractivity contribution in [3.8, 4) is 0 Å². The number of likely N-dealkylation sites (N-methyl/N-ethyl adjacent to an activating group) is 1. The monoisotopic (exact) mass is 787 g/mol. The van der Waals surface area contributed by atoms with Gasteiger partial charge in [-0.05, 0) is 78.6 Å². The number of thiophene rings is 1. The van der Waals surface area contributed by atoms with E-state index in [1.54, 1.807) is 47.6 Å². The fourth-order valence-electron chi connectivity index (χ4n) is 8.74. The Hall–Kier alpha value is -3.47. The van der Waals surface area contributed by atoms with Gasteiger partial charge in [-0.2, -0.15) is 0 Å². The van der Waals surface area contributed by atoms with E-state index in [0.29, 0.717) is 11.3 Å². The van der Waals surface area contributed by atoms with Gasteiger partial charge in [0.2, 0.25) is 0 Å². The van der Waals surface area contributed by atoms with Crippen LogP contribution in [0.2, 0.25) is 0 Å². The predicted molar refractivity (Wildman–Crippen MR) is 204 cm³/mol. The number of ether oxygens (including phenoxy) is 5. The number of ketones is 2. The summed E-state index contributed by atoms with van der Waals surface area (Å²) in [4.78, 5) is 72.6. The van der Waals surface area contributed by atoms with Gasteiger partial charge in [0.05, 0.1) is 22.7 Å². The summed E-state index contributed by atoms with van der Waals surface area (Å²) in [6.07, 6.45) is -4.88. The molecule has 0 unspecified atom stereocenters. The quantitative estimate of drug-likeness (QED) is 0.292. The smallest absolute Gasteiger partial charge is 0.429 e. The van der Waals surface area contributed by atoms with Crippen LogP contribution in [-0.2, 0) is 38.1 Å². The van der Waals surface area contributed by atoms with E-state index in [-0.39, 0.29) is 30.8 Å². The molecule has 2 amide bonds. The zero-order valence-corrected chi connectivity index (χ0v) is 34.5. The molecule has 13 atom stereocenters. The molecule has 0 aliphatic carbocycles. The third-order valence-corrected chi connectivity index (χ3v) is 13.1. The third kappa shape index (κ3) is 8.19. The van der Waals surface area contributed by atoms with E-state index in [0.717, 1.165) is 15.1 Å². The Bertz CT molecular complexity index is 1730. The second-order valence-corrected chi connectivity index (χ2v) is 17.2. The number of benzene rings is 1. The van der Waals surface area contributed by atoms with Crippen LogP contribution in [0.4, 0.5) is 4.79 Å². The molecule has 3 fully saturated rings. The third-order valence-electron chi connectivity index (χ3n) is 11.9. The highest BCUT2D eigenvalue weighted by Crippen LogP contribution is 2.43. The number of nitrogens with zero attached hydrogens (tertiary/aromatic N) is 2. The van der Waals surface area contributed by atoms with Crippen LogP contribution < -0.4 is 5.43 Å². The van der Waals surface area contributed by atoms with Crippen molar-refractivity contribution in [3.63, 3.8) is 0 Å². The maximum Gasteiger partial charge on any atom is 0.429 e. The molecule has 5 rings (SSSR count). The minimum atomic E-state index is -1.62. The molecule has 15 heteroatoms. The molecule has 2 N–H and O–H groups in total. The lowest BCUT2D eigenvalue weighted by molar-refractivity contribution is -0.295. The number of rotatable bonds is 7. The van der Waals surface area contributed by atoms with Gasteiger partial charge in [0, 0.05) is 35.6 Å². The number of fused-ring (bicyclic) bond motifs is 2. The van der Waals surface area contributed by atoms with Crippen LogP contribution in [0.5, 0.6) is 0 Å². The van der Waals surface area contributed by atoms with Crippen molar-refractivity contribution in [2.45, 2.75) is 129 Å². The summed E-state index contributed by atoms with van der Waals surface area (Å²) in [7, 11) is 5.16. The second kappa shape index (κ2) is 16.6. The zero-order chi connectivity index (χ0) is 40.7. The molecule has 2 aromatic rings. The maximum absolute atomic E-state index is 14.7. The summed E-state index contributed by atoms with van der Waals surface area (Å²) >= 11 is 1.25. The van der Waals surface area contributed by atoms with Gasteiger partial charge in [-0.3, -0.25) is 24.6 Å². The molecule has 0 spiro atoms. The van der Waals surface area contributed by atoms with Crippen LogP contribution in [0.1, 0.15) is 84.3 Å². The fraction of sp³-hybridized carbons (Fsp3) is 0.675. The standard InChI is InChI=1S/C40H57N3O11S/c1-12-29-40(8)33(43(38(49)54-40)41-35(47)28-18-25-15-13-14-16-27(25)55-28)22(4)30(44)20(2)19-39(7,50-11)34(23(5)31(45)24(6)36(48)52-29)53-37-32(46)26(42(9)10)17-21(3)51-37/h13-16,18,20-24,26,29,32-34,37,46H,12,17,19H2,1-11H3,(H,41,47)/t20-,21-,22-,23+,24-,26+,29+,32-,33-,34-,37+,39-,40-/m1/s1. The molecule has 1 aromatic carbocycles. The lowest BCUT2D eigenvalue weighted by Crippen LogP contribution is -2.61. The van der Waals surface area contributed by atoms with E-state index in [1.165, 1.54) is 25.4 Å². The number of amides is 2. The van der Waals surface area contributed by atoms with Crippen LogP contribution >= 0.6 is 11.3 Å². The molecular weight excluding hydrogens is 731 g/mol. The summed E-state index contributed by atoms with van der Waals surface area (Å²) < 4.78 is 31.7. The van der Waals surface area contributed by atoms with Crippen molar-refractivity contribution in [2.75, 3.05) is 21.2 Å². The number of carbonyl (C=O) groups is 5. The Morgan fingerprint density at radius 3 is 2.35 bits per heavy atom. The van der Waals surface area contributed by atoms with Crippen molar-refractivity contribution in [2.24, 2.45) is 23.7 Å². The number of esters is 1. The van der Waals surface area contributed by atoms with Crippen molar-refractivity contribution in [1.29, 1.82) is 0 Å². The van der Waals surface area contributed by atoms with Gasteiger partial charge < -0.3 is 33.7 Å². The minimum absolute atomic E-state index is 0.0485. The summed E-state index contributed by atoms with van der Waals surface area (Å²) in [5.74, 6) is -6.23. The lowest BCUT2D eigenvalue weighted by atomic mass is 9.73. The minimum Gasteiger partial charge on any atom is -0.457 e. The Kier molecular flexibility index (Phi) is 12.8. The summed E-state index contributed by atoms with van der Waals surface area (Å²) in [6.45, 7) is 13.4. The number of aliphatic hydroxyl groups excluding tert-OH is 1.